The second-order valence-electron chi connectivity index (χ2n) is 17.4. The quantitative estimate of drug-likeness (QED) is 0.132. The van der Waals surface area contributed by atoms with Crippen molar-refractivity contribution in [2.45, 2.75) is 64.8 Å². The normalized spacial score (nSPS) is 16.0. The standard InChI is InChI=1S/C47H51ClN8O4Si/c1-31-41(26-36(27-49)52(31)5)55(35-16-18-38(19-17-35)60-61(6,7)47(2,3)4)46(58)43-39-14-10-11-15-40(39)56(51-43)42-25-34(48)28-50-44(42)45(57)54-29-33-13-9-8-12-32(33)24-37(54)30-53-20-22-59-23-21-53/h8-19,25-26,28,37H,20-24,29-30H2,1-7H3. The molecule has 61 heavy (non-hydrogen) atoms. The molecular formula is C47H51ClN8O4Si. The predicted octanol–water partition coefficient (Wildman–Crippen LogP) is 8.85. The van der Waals surface area contributed by atoms with E-state index in [1.165, 1.54) is 11.8 Å². The van der Waals surface area contributed by atoms with Crippen LogP contribution < -0.4 is 9.33 Å². The van der Waals surface area contributed by atoms with E-state index < -0.39 is 14.2 Å². The Hall–Kier alpha value is -5.78. The van der Waals surface area contributed by atoms with Crippen LogP contribution in [0.3, 0.4) is 0 Å². The van der Waals surface area contributed by atoms with Gasteiger partial charge in [0.15, 0.2) is 11.4 Å². The maximum atomic E-state index is 15.3. The zero-order valence-electron chi connectivity index (χ0n) is 35.8. The minimum Gasteiger partial charge on any atom is -0.544 e. The van der Waals surface area contributed by atoms with Gasteiger partial charge in [0.1, 0.15) is 17.5 Å². The Morgan fingerprint density at radius 1 is 0.984 bits per heavy atom. The van der Waals surface area contributed by atoms with Crippen LogP contribution in [0.4, 0.5) is 11.4 Å². The zero-order chi connectivity index (χ0) is 43.2. The molecule has 0 bridgehead atoms. The molecule has 0 saturated carbocycles. The summed E-state index contributed by atoms with van der Waals surface area (Å²) in [5, 5.41) is 15.9. The van der Waals surface area contributed by atoms with Crippen LogP contribution >= 0.6 is 11.6 Å². The van der Waals surface area contributed by atoms with E-state index in [1.54, 1.807) is 33.3 Å². The molecule has 0 N–H and O–H groups in total. The number of para-hydroxylation sites is 1. The number of halogens is 1. The van der Waals surface area contributed by atoms with Crippen LogP contribution in [0.2, 0.25) is 23.2 Å². The second kappa shape index (κ2) is 16.6. The average Bonchev–Trinajstić information content (AvgIpc) is 3.77. The van der Waals surface area contributed by atoms with Crippen molar-refractivity contribution in [1.82, 2.24) is 29.1 Å². The SMILES string of the molecule is Cc1c(N(C(=O)c2nn(-c3cc(Cl)cnc3C(=O)N3Cc4ccccc4CC3CN3CCOCC3)c3ccccc23)c2ccc(O[Si](C)(C)C(C)(C)C)cc2)cc(C#N)n1C. The van der Waals surface area contributed by atoms with E-state index in [1.807, 2.05) is 72.5 Å². The van der Waals surface area contributed by atoms with Crippen molar-refractivity contribution >= 4 is 54.0 Å². The topological polar surface area (TPSA) is 122 Å². The lowest BCUT2D eigenvalue weighted by atomic mass is 9.93. The van der Waals surface area contributed by atoms with Crippen molar-refractivity contribution < 1.29 is 18.8 Å². The molecule has 0 aliphatic carbocycles. The van der Waals surface area contributed by atoms with Crippen molar-refractivity contribution in [3.05, 3.63) is 130 Å². The van der Waals surface area contributed by atoms with Crippen molar-refractivity contribution in [3.63, 3.8) is 0 Å². The fraction of sp³-hybridized carbons (Fsp3) is 0.340. The molecule has 1 saturated heterocycles. The largest absolute Gasteiger partial charge is 0.544 e. The van der Waals surface area contributed by atoms with E-state index in [2.05, 4.69) is 62.0 Å². The number of anilines is 2. The summed E-state index contributed by atoms with van der Waals surface area (Å²) in [6, 6.07) is 28.7. The molecule has 3 aromatic heterocycles. The molecule has 14 heteroatoms. The number of morpholine rings is 1. The summed E-state index contributed by atoms with van der Waals surface area (Å²) in [6.45, 7) is 16.9. The molecule has 6 aromatic rings. The second-order valence-corrected chi connectivity index (χ2v) is 22.6. The van der Waals surface area contributed by atoms with Gasteiger partial charge in [-0.1, -0.05) is 74.8 Å². The van der Waals surface area contributed by atoms with E-state index in [-0.39, 0.29) is 28.4 Å². The van der Waals surface area contributed by atoms with Crippen LogP contribution in [0.25, 0.3) is 16.6 Å². The maximum absolute atomic E-state index is 15.3. The minimum absolute atomic E-state index is 0.00476. The number of pyridine rings is 1. The van der Waals surface area contributed by atoms with E-state index in [4.69, 9.17) is 25.9 Å². The van der Waals surface area contributed by atoms with Crippen molar-refractivity contribution in [1.29, 1.82) is 5.26 Å². The highest BCUT2D eigenvalue weighted by molar-refractivity contribution is 6.74. The van der Waals surface area contributed by atoms with Crippen LogP contribution in [0.1, 0.15) is 64.3 Å². The number of carbonyl (C=O) groups is 2. The smallest absolute Gasteiger partial charge is 0.284 e. The van der Waals surface area contributed by atoms with Gasteiger partial charge in [0.2, 0.25) is 8.32 Å². The number of nitriles is 1. The Morgan fingerprint density at radius 2 is 1.67 bits per heavy atom. The van der Waals surface area contributed by atoms with Gasteiger partial charge in [-0.2, -0.15) is 10.4 Å². The molecule has 2 aliphatic rings. The summed E-state index contributed by atoms with van der Waals surface area (Å²) in [5.41, 5.74) is 5.83. The molecule has 5 heterocycles. The van der Waals surface area contributed by atoms with E-state index in [9.17, 15) is 5.26 Å². The number of ether oxygens (including phenoxy) is 1. The molecule has 3 aromatic carbocycles. The first-order valence-electron chi connectivity index (χ1n) is 20.7. The highest BCUT2D eigenvalue weighted by Crippen LogP contribution is 2.39. The van der Waals surface area contributed by atoms with E-state index in [0.29, 0.717) is 71.4 Å². The van der Waals surface area contributed by atoms with Gasteiger partial charge in [-0.15, -0.1) is 0 Å². The zero-order valence-corrected chi connectivity index (χ0v) is 37.5. The molecule has 1 unspecified atom stereocenters. The highest BCUT2D eigenvalue weighted by Gasteiger charge is 2.39. The third-order valence-electron chi connectivity index (χ3n) is 12.6. The molecule has 0 radical (unpaired) electrons. The summed E-state index contributed by atoms with van der Waals surface area (Å²) >= 11 is 6.68. The molecule has 12 nitrogen and oxygen atoms in total. The number of amides is 2. The molecule has 2 amide bonds. The lowest BCUT2D eigenvalue weighted by molar-refractivity contribution is 0.0191. The van der Waals surface area contributed by atoms with Crippen LogP contribution in [-0.4, -0.2) is 88.2 Å². The van der Waals surface area contributed by atoms with Gasteiger partial charge in [0.05, 0.1) is 35.1 Å². The summed E-state index contributed by atoms with van der Waals surface area (Å²) < 4.78 is 15.6. The number of hydrogen-bond donors (Lipinski definition) is 0. The van der Waals surface area contributed by atoms with Gasteiger partial charge in [0.25, 0.3) is 11.8 Å². The average molecular weight is 856 g/mol. The Labute approximate surface area is 363 Å². The van der Waals surface area contributed by atoms with Gasteiger partial charge in [0, 0.05) is 62.2 Å². The molecule has 0 spiro atoms. The Balaban J connectivity index is 1.22. The molecule has 1 fully saturated rings. The van der Waals surface area contributed by atoms with Gasteiger partial charge < -0.3 is 18.6 Å². The minimum atomic E-state index is -2.15. The number of hydrogen-bond acceptors (Lipinski definition) is 8. The molecular weight excluding hydrogens is 804 g/mol. The monoisotopic (exact) mass is 854 g/mol. The third-order valence-corrected chi connectivity index (χ3v) is 17.2. The van der Waals surface area contributed by atoms with Gasteiger partial charge in [-0.25, -0.2) is 9.67 Å². The van der Waals surface area contributed by atoms with Crippen LogP contribution in [0, 0.1) is 18.3 Å². The van der Waals surface area contributed by atoms with Crippen molar-refractivity contribution in [2.75, 3.05) is 37.7 Å². The summed E-state index contributed by atoms with van der Waals surface area (Å²) in [6.07, 6.45) is 2.19. The summed E-state index contributed by atoms with van der Waals surface area (Å²) in [5.74, 6) is 0.0414. The first-order valence-corrected chi connectivity index (χ1v) is 24.0. The fourth-order valence-corrected chi connectivity index (χ4v) is 9.15. The molecule has 314 valence electrons. The van der Waals surface area contributed by atoms with Crippen molar-refractivity contribution in [2.24, 2.45) is 7.05 Å². The van der Waals surface area contributed by atoms with Crippen LogP contribution in [0.15, 0.2) is 91.1 Å². The number of benzene rings is 3. The van der Waals surface area contributed by atoms with E-state index >= 15 is 9.59 Å². The third kappa shape index (κ3) is 8.09. The van der Waals surface area contributed by atoms with Crippen LogP contribution in [0.5, 0.6) is 5.75 Å². The van der Waals surface area contributed by atoms with E-state index in [0.717, 1.165) is 30.1 Å². The molecule has 1 atom stereocenters. The lowest BCUT2D eigenvalue weighted by Gasteiger charge is -2.40. The number of nitrogens with zero attached hydrogens (tertiary/aromatic N) is 8. The Kier molecular flexibility index (Phi) is 11.4. The first kappa shape index (κ1) is 41.9. The number of fused-ring (bicyclic) bond motifs is 2. The number of carbonyl (C=O) groups excluding carboxylic acids is 2. The van der Waals surface area contributed by atoms with Gasteiger partial charge in [-0.3, -0.25) is 19.4 Å². The Morgan fingerprint density at radius 3 is 2.36 bits per heavy atom. The van der Waals surface area contributed by atoms with Gasteiger partial charge >= 0.3 is 0 Å². The Bertz CT molecular complexity index is 2670. The van der Waals surface area contributed by atoms with Crippen molar-refractivity contribution in [3.8, 4) is 17.5 Å². The number of aromatic nitrogens is 4. The lowest BCUT2D eigenvalue weighted by Crippen LogP contribution is -2.52. The fourth-order valence-electron chi connectivity index (χ4n) is 7.97. The maximum Gasteiger partial charge on any atom is 0.284 e. The van der Waals surface area contributed by atoms with Crippen LogP contribution in [-0.2, 0) is 24.8 Å². The number of rotatable bonds is 9. The molecule has 8 rings (SSSR count). The summed E-state index contributed by atoms with van der Waals surface area (Å²) in [7, 11) is -0.343. The highest BCUT2D eigenvalue weighted by atomic mass is 35.5. The predicted molar refractivity (Wildman–Crippen MR) is 241 cm³/mol. The first-order chi connectivity index (χ1) is 29.1. The van der Waals surface area contributed by atoms with Gasteiger partial charge in [-0.05, 0) is 85.1 Å². The molecule has 2 aliphatic heterocycles. The summed E-state index contributed by atoms with van der Waals surface area (Å²) in [4.78, 5) is 40.9.